The summed E-state index contributed by atoms with van der Waals surface area (Å²) in [5.74, 6) is 0.659. The number of carbonyl (C=O) groups is 2. The van der Waals surface area contributed by atoms with Crippen LogP contribution in [0.2, 0.25) is 0 Å². The van der Waals surface area contributed by atoms with Crippen molar-refractivity contribution in [2.45, 2.75) is 32.7 Å². The van der Waals surface area contributed by atoms with Crippen LogP contribution in [-0.2, 0) is 9.59 Å². The van der Waals surface area contributed by atoms with Gasteiger partial charge in [-0.05, 0) is 44.5 Å². The lowest BCUT2D eigenvalue weighted by molar-refractivity contribution is -0.114. The summed E-state index contributed by atoms with van der Waals surface area (Å²) in [6.45, 7) is 7.44. The molecule has 1 aromatic carbocycles. The molecule has 2 aromatic heterocycles. The van der Waals surface area contributed by atoms with Crippen LogP contribution in [0.3, 0.4) is 0 Å². The van der Waals surface area contributed by atoms with Crippen LogP contribution in [0.15, 0.2) is 29.3 Å². The Labute approximate surface area is 165 Å². The summed E-state index contributed by atoms with van der Waals surface area (Å²) in [5.41, 5.74) is 2.45. The third-order valence-corrected chi connectivity index (χ3v) is 5.99. The number of aryl methyl sites for hydroxylation is 3. The maximum atomic E-state index is 12.4. The highest BCUT2D eigenvalue weighted by Gasteiger charge is 2.15. The zero-order valence-corrected chi connectivity index (χ0v) is 17.2. The molecule has 8 heteroatoms. The Kier molecular flexibility index (Phi) is 5.76. The molecule has 2 N–H and O–H groups in total. The summed E-state index contributed by atoms with van der Waals surface area (Å²) < 4.78 is 0. The van der Waals surface area contributed by atoms with E-state index in [4.69, 9.17) is 0 Å². The Bertz CT molecular complexity index is 1030. The number of aromatic nitrogens is 2. The molecule has 0 saturated heterocycles. The first kappa shape index (κ1) is 19.3. The minimum Gasteiger partial charge on any atom is -0.326 e. The number of thioether (sulfide) groups is 1. The van der Waals surface area contributed by atoms with Crippen molar-refractivity contribution in [2.75, 3.05) is 16.4 Å². The van der Waals surface area contributed by atoms with Gasteiger partial charge in [-0.15, -0.1) is 11.3 Å². The second-order valence-electron chi connectivity index (χ2n) is 6.14. The number of nitrogens with one attached hydrogen (secondary N) is 2. The lowest BCUT2D eigenvalue weighted by Crippen LogP contribution is -2.14. The molecule has 3 rings (SSSR count). The first-order chi connectivity index (χ1) is 12.8. The van der Waals surface area contributed by atoms with Gasteiger partial charge in [-0.2, -0.15) is 0 Å². The smallest absolute Gasteiger partial charge is 0.234 e. The molecule has 0 aliphatic rings. The molecular weight excluding hydrogens is 380 g/mol. The van der Waals surface area contributed by atoms with Crippen LogP contribution < -0.4 is 10.6 Å². The number of hydrogen-bond donors (Lipinski definition) is 2. The minimum atomic E-state index is -0.154. The standard InChI is InChI=1S/C19H20N4O2S2/c1-10-11(2)27-19-17(10)18(20-12(3)21-19)26-9-16(25)23-15-7-5-6-14(8-15)22-13(4)24/h5-8H,9H2,1-4H3,(H,22,24)(H,23,25). The summed E-state index contributed by atoms with van der Waals surface area (Å²) in [7, 11) is 0. The van der Waals surface area contributed by atoms with Crippen molar-refractivity contribution in [3.63, 3.8) is 0 Å². The first-order valence-electron chi connectivity index (χ1n) is 8.38. The number of nitrogens with zero attached hydrogens (tertiary/aromatic N) is 2. The van der Waals surface area contributed by atoms with Gasteiger partial charge in [-0.1, -0.05) is 17.8 Å². The van der Waals surface area contributed by atoms with E-state index in [9.17, 15) is 9.59 Å². The van der Waals surface area contributed by atoms with Gasteiger partial charge >= 0.3 is 0 Å². The number of fused-ring (bicyclic) bond motifs is 1. The Morgan fingerprint density at radius 2 is 1.81 bits per heavy atom. The molecule has 3 aromatic rings. The van der Waals surface area contributed by atoms with Gasteiger partial charge in [0.05, 0.1) is 5.75 Å². The number of amides is 2. The largest absolute Gasteiger partial charge is 0.326 e. The second-order valence-corrected chi connectivity index (χ2v) is 8.31. The number of benzene rings is 1. The van der Waals surface area contributed by atoms with E-state index in [1.54, 1.807) is 35.6 Å². The molecule has 2 amide bonds. The predicted octanol–water partition coefficient (Wildman–Crippen LogP) is 4.31. The van der Waals surface area contributed by atoms with Crippen molar-refractivity contribution in [1.82, 2.24) is 9.97 Å². The third kappa shape index (κ3) is 4.64. The van der Waals surface area contributed by atoms with Crippen LogP contribution in [0.25, 0.3) is 10.2 Å². The van der Waals surface area contributed by atoms with Gasteiger partial charge in [0.2, 0.25) is 11.8 Å². The van der Waals surface area contributed by atoms with E-state index in [1.807, 2.05) is 6.92 Å². The van der Waals surface area contributed by atoms with Crippen molar-refractivity contribution >= 4 is 56.5 Å². The molecule has 0 aliphatic carbocycles. The van der Waals surface area contributed by atoms with E-state index in [1.165, 1.54) is 29.1 Å². The van der Waals surface area contributed by atoms with Gasteiger partial charge in [-0.3, -0.25) is 9.59 Å². The summed E-state index contributed by atoms with van der Waals surface area (Å²) >= 11 is 3.06. The fraction of sp³-hybridized carbons (Fsp3) is 0.263. The molecule has 0 radical (unpaired) electrons. The van der Waals surface area contributed by atoms with E-state index < -0.39 is 0 Å². The topological polar surface area (TPSA) is 84.0 Å². The summed E-state index contributed by atoms with van der Waals surface area (Å²) in [6, 6.07) is 7.06. The highest BCUT2D eigenvalue weighted by molar-refractivity contribution is 8.00. The van der Waals surface area contributed by atoms with Gasteiger partial charge in [0.15, 0.2) is 0 Å². The molecule has 0 unspecified atom stereocenters. The number of hydrogen-bond acceptors (Lipinski definition) is 6. The molecule has 2 heterocycles. The quantitative estimate of drug-likeness (QED) is 0.493. The average molecular weight is 401 g/mol. The molecule has 0 bridgehead atoms. The normalized spacial score (nSPS) is 10.8. The van der Waals surface area contributed by atoms with E-state index in [2.05, 4.69) is 34.4 Å². The van der Waals surface area contributed by atoms with E-state index in [-0.39, 0.29) is 17.6 Å². The molecule has 0 saturated carbocycles. The van der Waals surface area contributed by atoms with Crippen LogP contribution in [0.5, 0.6) is 0 Å². The Balaban J connectivity index is 1.71. The maximum absolute atomic E-state index is 12.4. The third-order valence-electron chi connectivity index (χ3n) is 3.91. The zero-order chi connectivity index (χ0) is 19.6. The first-order valence-corrected chi connectivity index (χ1v) is 10.2. The molecule has 0 atom stereocenters. The molecule has 140 valence electrons. The van der Waals surface area contributed by atoms with Crippen LogP contribution in [0, 0.1) is 20.8 Å². The number of carbonyl (C=O) groups excluding carboxylic acids is 2. The van der Waals surface area contributed by atoms with Gasteiger partial charge in [-0.25, -0.2) is 9.97 Å². The molecular formula is C19H20N4O2S2. The summed E-state index contributed by atoms with van der Waals surface area (Å²) in [4.78, 5) is 34.7. The highest BCUT2D eigenvalue weighted by atomic mass is 32.2. The monoisotopic (exact) mass is 400 g/mol. The van der Waals surface area contributed by atoms with Gasteiger partial charge in [0, 0.05) is 28.6 Å². The van der Waals surface area contributed by atoms with Crippen molar-refractivity contribution in [3.8, 4) is 0 Å². The average Bonchev–Trinajstić information content (AvgIpc) is 2.86. The van der Waals surface area contributed by atoms with Gasteiger partial charge in [0.1, 0.15) is 15.7 Å². The summed E-state index contributed by atoms with van der Waals surface area (Å²) in [5, 5.41) is 7.43. The van der Waals surface area contributed by atoms with Gasteiger partial charge < -0.3 is 10.6 Å². The van der Waals surface area contributed by atoms with Crippen LogP contribution in [0.4, 0.5) is 11.4 Å². The number of thiophene rings is 1. The van der Waals surface area contributed by atoms with Crippen LogP contribution >= 0.6 is 23.1 Å². The Morgan fingerprint density at radius 3 is 2.52 bits per heavy atom. The zero-order valence-electron chi connectivity index (χ0n) is 15.5. The molecule has 0 fully saturated rings. The van der Waals surface area contributed by atoms with Crippen LogP contribution in [-0.4, -0.2) is 27.5 Å². The fourth-order valence-corrected chi connectivity index (χ4v) is 4.70. The van der Waals surface area contributed by atoms with Crippen LogP contribution in [0.1, 0.15) is 23.2 Å². The summed E-state index contributed by atoms with van der Waals surface area (Å²) in [6.07, 6.45) is 0. The van der Waals surface area contributed by atoms with Crippen molar-refractivity contribution in [1.29, 1.82) is 0 Å². The van der Waals surface area contributed by atoms with Crippen molar-refractivity contribution in [2.24, 2.45) is 0 Å². The highest BCUT2D eigenvalue weighted by Crippen LogP contribution is 2.35. The molecule has 27 heavy (non-hydrogen) atoms. The SMILES string of the molecule is CC(=O)Nc1cccc(NC(=O)CSc2nc(C)nc3sc(C)c(C)c23)c1. The minimum absolute atomic E-state index is 0.131. The van der Waals surface area contributed by atoms with E-state index in [0.29, 0.717) is 17.2 Å². The Hall–Kier alpha value is -2.45. The van der Waals surface area contributed by atoms with E-state index >= 15 is 0 Å². The van der Waals surface area contributed by atoms with Crippen molar-refractivity contribution < 1.29 is 9.59 Å². The fourth-order valence-electron chi connectivity index (χ4n) is 2.63. The lowest BCUT2D eigenvalue weighted by atomic mass is 10.2. The maximum Gasteiger partial charge on any atom is 0.234 e. The second kappa shape index (κ2) is 8.06. The van der Waals surface area contributed by atoms with Gasteiger partial charge in [0.25, 0.3) is 0 Å². The Morgan fingerprint density at radius 1 is 1.11 bits per heavy atom. The molecule has 0 aliphatic heterocycles. The number of anilines is 2. The van der Waals surface area contributed by atoms with E-state index in [0.717, 1.165) is 15.2 Å². The number of rotatable bonds is 5. The van der Waals surface area contributed by atoms with Crippen molar-refractivity contribution in [3.05, 3.63) is 40.5 Å². The molecule has 0 spiro atoms. The predicted molar refractivity (Wildman–Crippen MR) is 112 cm³/mol. The molecule has 6 nitrogen and oxygen atoms in total. The lowest BCUT2D eigenvalue weighted by Gasteiger charge is -2.08.